The van der Waals surface area contributed by atoms with Crippen molar-refractivity contribution in [3.63, 3.8) is 0 Å². The van der Waals surface area contributed by atoms with Crippen LogP contribution in [0.25, 0.3) is 0 Å². The predicted octanol–water partition coefficient (Wildman–Crippen LogP) is 2.11. The number of carbonyl (C=O) groups excluding carboxylic acids is 1. The van der Waals surface area contributed by atoms with E-state index in [2.05, 4.69) is 5.32 Å². The number of para-hydroxylation sites is 1. The number of aromatic carboxylic acids is 1. The fourth-order valence-corrected chi connectivity index (χ4v) is 2.16. The summed E-state index contributed by atoms with van der Waals surface area (Å²) in [7, 11) is 0. The number of anilines is 1. The molecule has 0 bridgehead atoms. The molecule has 0 unspecified atom stereocenters. The van der Waals surface area contributed by atoms with Crippen molar-refractivity contribution < 1.29 is 24.9 Å². The summed E-state index contributed by atoms with van der Waals surface area (Å²) >= 11 is 0.976. The van der Waals surface area contributed by atoms with E-state index in [4.69, 9.17) is 5.11 Å². The second-order valence-electron chi connectivity index (χ2n) is 3.60. The number of carboxylic acid groups (broad SMARTS) is 1. The predicted molar refractivity (Wildman–Crippen MR) is 69.0 cm³/mol. The van der Waals surface area contributed by atoms with Crippen LogP contribution in [-0.4, -0.2) is 27.2 Å². The number of carboxylic acids is 1. The Morgan fingerprint density at radius 2 is 1.89 bits per heavy atom. The van der Waals surface area contributed by atoms with E-state index in [1.54, 1.807) is 0 Å². The summed E-state index contributed by atoms with van der Waals surface area (Å²) in [5.74, 6) is -2.82. The van der Waals surface area contributed by atoms with Crippen molar-refractivity contribution in [3.05, 3.63) is 40.1 Å². The van der Waals surface area contributed by atoms with Crippen molar-refractivity contribution in [2.24, 2.45) is 0 Å². The molecule has 2 rings (SSSR count). The van der Waals surface area contributed by atoms with Gasteiger partial charge in [0.15, 0.2) is 11.5 Å². The number of carbonyl (C=O) groups is 2. The zero-order chi connectivity index (χ0) is 14.0. The van der Waals surface area contributed by atoms with Crippen LogP contribution in [0.2, 0.25) is 0 Å². The number of thiophene rings is 1. The van der Waals surface area contributed by atoms with Gasteiger partial charge in [-0.15, -0.1) is 11.3 Å². The summed E-state index contributed by atoms with van der Waals surface area (Å²) in [5.41, 5.74) is 0.00721. The van der Waals surface area contributed by atoms with E-state index < -0.39 is 23.4 Å². The quantitative estimate of drug-likeness (QED) is 0.644. The molecule has 0 saturated heterocycles. The Morgan fingerprint density at radius 1 is 1.16 bits per heavy atom. The third kappa shape index (κ3) is 2.50. The van der Waals surface area contributed by atoms with Gasteiger partial charge in [-0.3, -0.25) is 4.79 Å². The van der Waals surface area contributed by atoms with Crippen LogP contribution < -0.4 is 5.32 Å². The standard InChI is InChI=1S/C12H9NO5S/c14-8-3-1-2-6(9(8)15)11(16)13-7-4-5-19-10(7)12(17)18/h1-5,14-15H,(H,13,16)(H,17,18). The van der Waals surface area contributed by atoms with E-state index >= 15 is 0 Å². The lowest BCUT2D eigenvalue weighted by Crippen LogP contribution is -2.13. The number of rotatable bonds is 3. The molecule has 0 fully saturated rings. The fourth-order valence-electron chi connectivity index (χ4n) is 1.48. The Labute approximate surface area is 111 Å². The van der Waals surface area contributed by atoms with E-state index in [9.17, 15) is 19.8 Å². The zero-order valence-electron chi connectivity index (χ0n) is 9.45. The van der Waals surface area contributed by atoms with Crippen molar-refractivity contribution in [2.75, 3.05) is 5.32 Å². The van der Waals surface area contributed by atoms with Gasteiger partial charge in [0.25, 0.3) is 5.91 Å². The number of phenols is 2. The number of phenolic OH excluding ortho intramolecular Hbond substituents is 2. The molecule has 0 aliphatic heterocycles. The summed E-state index contributed by atoms with van der Waals surface area (Å²) < 4.78 is 0. The average molecular weight is 279 g/mol. The molecular formula is C12H9NO5S. The average Bonchev–Trinajstić information content (AvgIpc) is 2.80. The Morgan fingerprint density at radius 3 is 2.58 bits per heavy atom. The van der Waals surface area contributed by atoms with Gasteiger partial charge in [-0.1, -0.05) is 6.07 Å². The summed E-state index contributed by atoms with van der Waals surface area (Å²) in [6, 6.07) is 5.40. The number of benzene rings is 1. The highest BCUT2D eigenvalue weighted by molar-refractivity contribution is 7.12. The SMILES string of the molecule is O=C(Nc1ccsc1C(=O)O)c1cccc(O)c1O. The van der Waals surface area contributed by atoms with Crippen molar-refractivity contribution in [3.8, 4) is 11.5 Å². The first-order valence-electron chi connectivity index (χ1n) is 5.13. The maximum absolute atomic E-state index is 11.9. The molecule has 2 aromatic rings. The molecule has 1 heterocycles. The van der Waals surface area contributed by atoms with Gasteiger partial charge in [0, 0.05) is 0 Å². The topological polar surface area (TPSA) is 107 Å². The van der Waals surface area contributed by atoms with Crippen molar-refractivity contribution in [2.45, 2.75) is 0 Å². The molecular weight excluding hydrogens is 270 g/mol. The number of amides is 1. The maximum Gasteiger partial charge on any atom is 0.348 e. The first-order chi connectivity index (χ1) is 9.00. The molecule has 0 aliphatic rings. The molecule has 98 valence electrons. The lowest BCUT2D eigenvalue weighted by Gasteiger charge is -2.07. The molecule has 0 atom stereocenters. The second-order valence-corrected chi connectivity index (χ2v) is 4.51. The minimum atomic E-state index is -1.15. The molecule has 1 aromatic heterocycles. The third-order valence-corrected chi connectivity index (χ3v) is 3.27. The fraction of sp³-hybridized carbons (Fsp3) is 0. The van der Waals surface area contributed by atoms with E-state index in [1.165, 1.54) is 29.6 Å². The highest BCUT2D eigenvalue weighted by Crippen LogP contribution is 2.29. The van der Waals surface area contributed by atoms with Crippen molar-refractivity contribution in [1.82, 2.24) is 0 Å². The van der Waals surface area contributed by atoms with E-state index in [1.807, 2.05) is 0 Å². The highest BCUT2D eigenvalue weighted by Gasteiger charge is 2.18. The molecule has 0 saturated carbocycles. The van der Waals surface area contributed by atoms with Crippen LogP contribution in [0.3, 0.4) is 0 Å². The second kappa shape index (κ2) is 4.99. The Kier molecular flexibility index (Phi) is 3.39. The Bertz CT molecular complexity index is 649. The number of hydrogen-bond acceptors (Lipinski definition) is 5. The van der Waals surface area contributed by atoms with E-state index in [-0.39, 0.29) is 16.1 Å². The molecule has 0 spiro atoms. The minimum Gasteiger partial charge on any atom is -0.504 e. The monoisotopic (exact) mass is 279 g/mol. The summed E-state index contributed by atoms with van der Waals surface area (Å²) in [6.07, 6.45) is 0. The van der Waals surface area contributed by atoms with E-state index in [0.717, 1.165) is 11.3 Å². The lowest BCUT2D eigenvalue weighted by atomic mass is 10.1. The third-order valence-electron chi connectivity index (χ3n) is 2.37. The van der Waals surface area contributed by atoms with Crippen LogP contribution in [0, 0.1) is 0 Å². The molecule has 0 radical (unpaired) electrons. The largest absolute Gasteiger partial charge is 0.504 e. The van der Waals surface area contributed by atoms with Crippen LogP contribution in [0.1, 0.15) is 20.0 Å². The van der Waals surface area contributed by atoms with Gasteiger partial charge in [-0.25, -0.2) is 4.79 Å². The first-order valence-corrected chi connectivity index (χ1v) is 6.01. The number of hydrogen-bond donors (Lipinski definition) is 4. The Hall–Kier alpha value is -2.54. The molecule has 1 amide bonds. The van der Waals surface area contributed by atoms with Crippen LogP contribution >= 0.6 is 11.3 Å². The van der Waals surface area contributed by atoms with Crippen molar-refractivity contribution >= 4 is 28.9 Å². The van der Waals surface area contributed by atoms with Gasteiger partial charge in [-0.05, 0) is 23.6 Å². The van der Waals surface area contributed by atoms with Gasteiger partial charge in [-0.2, -0.15) is 0 Å². The molecule has 6 nitrogen and oxygen atoms in total. The molecule has 4 N–H and O–H groups in total. The number of aromatic hydroxyl groups is 2. The summed E-state index contributed by atoms with van der Waals surface area (Å²) in [5, 5.41) is 31.7. The van der Waals surface area contributed by atoms with Gasteiger partial charge >= 0.3 is 5.97 Å². The van der Waals surface area contributed by atoms with Crippen molar-refractivity contribution in [1.29, 1.82) is 0 Å². The number of nitrogens with one attached hydrogen (secondary N) is 1. The molecule has 1 aromatic carbocycles. The van der Waals surface area contributed by atoms with Crippen LogP contribution in [0.15, 0.2) is 29.6 Å². The zero-order valence-corrected chi connectivity index (χ0v) is 10.3. The smallest absolute Gasteiger partial charge is 0.348 e. The minimum absolute atomic E-state index is 0.00649. The molecule has 0 aliphatic carbocycles. The maximum atomic E-state index is 11.9. The lowest BCUT2D eigenvalue weighted by molar-refractivity contribution is 0.0703. The Balaban J connectivity index is 2.29. The van der Waals surface area contributed by atoms with Crippen LogP contribution in [-0.2, 0) is 0 Å². The van der Waals surface area contributed by atoms with Crippen LogP contribution in [0.5, 0.6) is 11.5 Å². The van der Waals surface area contributed by atoms with E-state index in [0.29, 0.717) is 0 Å². The molecule has 7 heteroatoms. The summed E-state index contributed by atoms with van der Waals surface area (Å²) in [4.78, 5) is 22.8. The van der Waals surface area contributed by atoms with Gasteiger partial charge in [0.2, 0.25) is 0 Å². The van der Waals surface area contributed by atoms with Gasteiger partial charge in [0.05, 0.1) is 11.3 Å². The molecule has 19 heavy (non-hydrogen) atoms. The highest BCUT2D eigenvalue weighted by atomic mass is 32.1. The first kappa shape index (κ1) is 12.9. The summed E-state index contributed by atoms with van der Waals surface area (Å²) in [6.45, 7) is 0. The van der Waals surface area contributed by atoms with Gasteiger partial charge in [0.1, 0.15) is 4.88 Å². The van der Waals surface area contributed by atoms with Crippen LogP contribution in [0.4, 0.5) is 5.69 Å². The normalized spacial score (nSPS) is 10.1. The van der Waals surface area contributed by atoms with Gasteiger partial charge < -0.3 is 20.6 Å².